The number of rotatable bonds is 5. The lowest BCUT2D eigenvalue weighted by Gasteiger charge is -2.10. The molecule has 5 aromatic heterocycles. The van der Waals surface area contributed by atoms with Crippen molar-refractivity contribution in [3.05, 3.63) is 65.2 Å². The van der Waals surface area contributed by atoms with E-state index in [1.165, 1.54) is 11.3 Å². The Morgan fingerprint density at radius 3 is 2.67 bits per heavy atom. The van der Waals surface area contributed by atoms with Gasteiger partial charge in [-0.05, 0) is 52.0 Å². The standard InChI is InChI=1S/C24H22N6O2S/c1-13(2)30-22-18(11-26-30)17(10-20(27-22)16-9-14(3)32-15(16)4)23(31)29-24-28-21(12-33-24)19-7-5-6-8-25-19/h5-13H,1-4H3,(H,28,29,31). The van der Waals surface area contributed by atoms with E-state index >= 15 is 0 Å². The third-order valence-corrected chi connectivity index (χ3v) is 6.03. The maximum atomic E-state index is 13.4. The molecule has 5 rings (SSSR count). The van der Waals surface area contributed by atoms with Crippen molar-refractivity contribution in [2.75, 3.05) is 5.32 Å². The van der Waals surface area contributed by atoms with Crippen molar-refractivity contribution >= 4 is 33.4 Å². The van der Waals surface area contributed by atoms with Gasteiger partial charge < -0.3 is 4.42 Å². The lowest BCUT2D eigenvalue weighted by molar-refractivity contribution is 0.102. The molecule has 9 heteroatoms. The second-order valence-electron chi connectivity index (χ2n) is 8.01. The number of nitrogens with one attached hydrogen (secondary N) is 1. The first-order valence-corrected chi connectivity index (χ1v) is 11.4. The van der Waals surface area contributed by atoms with E-state index in [1.807, 2.05) is 62.0 Å². The molecule has 166 valence electrons. The van der Waals surface area contributed by atoms with Crippen LogP contribution >= 0.6 is 11.3 Å². The van der Waals surface area contributed by atoms with Crippen LogP contribution in [0.25, 0.3) is 33.7 Å². The number of anilines is 1. The highest BCUT2D eigenvalue weighted by molar-refractivity contribution is 7.14. The van der Waals surface area contributed by atoms with Gasteiger partial charge >= 0.3 is 0 Å². The maximum absolute atomic E-state index is 13.4. The summed E-state index contributed by atoms with van der Waals surface area (Å²) < 4.78 is 7.52. The van der Waals surface area contributed by atoms with E-state index in [4.69, 9.17) is 9.40 Å². The highest BCUT2D eigenvalue weighted by Crippen LogP contribution is 2.31. The second kappa shape index (κ2) is 8.25. The van der Waals surface area contributed by atoms with Crippen LogP contribution in [0.15, 0.2) is 52.5 Å². The number of thiazole rings is 1. The lowest BCUT2D eigenvalue weighted by Crippen LogP contribution is -2.13. The molecular weight excluding hydrogens is 436 g/mol. The topological polar surface area (TPSA) is 98.7 Å². The number of pyridine rings is 2. The van der Waals surface area contributed by atoms with E-state index in [9.17, 15) is 4.79 Å². The first kappa shape index (κ1) is 21.0. The Bertz CT molecular complexity index is 1470. The predicted molar refractivity (Wildman–Crippen MR) is 128 cm³/mol. The molecule has 0 aliphatic heterocycles. The van der Waals surface area contributed by atoms with E-state index in [1.54, 1.807) is 18.5 Å². The largest absolute Gasteiger partial charge is 0.466 e. The maximum Gasteiger partial charge on any atom is 0.258 e. The van der Waals surface area contributed by atoms with Gasteiger partial charge in [0.15, 0.2) is 10.8 Å². The monoisotopic (exact) mass is 458 g/mol. The molecule has 33 heavy (non-hydrogen) atoms. The molecule has 5 aromatic rings. The average Bonchev–Trinajstić information content (AvgIpc) is 3.51. The highest BCUT2D eigenvalue weighted by Gasteiger charge is 2.21. The molecule has 0 aromatic carbocycles. The fraction of sp³-hybridized carbons (Fsp3) is 0.208. The Hall–Kier alpha value is -3.85. The quantitative estimate of drug-likeness (QED) is 0.365. The van der Waals surface area contributed by atoms with E-state index in [0.717, 1.165) is 22.8 Å². The molecule has 0 aliphatic carbocycles. The molecule has 0 spiro atoms. The number of nitrogens with zero attached hydrogens (tertiary/aromatic N) is 5. The number of amides is 1. The average molecular weight is 459 g/mol. The SMILES string of the molecule is Cc1cc(-c2cc(C(=O)Nc3nc(-c4ccccn4)cs3)c3cnn(C(C)C)c3n2)c(C)o1. The van der Waals surface area contributed by atoms with Crippen molar-refractivity contribution in [1.82, 2.24) is 24.7 Å². The molecule has 0 radical (unpaired) electrons. The van der Waals surface area contributed by atoms with Crippen LogP contribution in [0.4, 0.5) is 5.13 Å². The van der Waals surface area contributed by atoms with Gasteiger partial charge in [0.05, 0.1) is 28.5 Å². The van der Waals surface area contributed by atoms with Crippen LogP contribution in [0.5, 0.6) is 0 Å². The smallest absolute Gasteiger partial charge is 0.258 e. The first-order valence-electron chi connectivity index (χ1n) is 10.5. The van der Waals surface area contributed by atoms with Gasteiger partial charge in [-0.1, -0.05) is 6.07 Å². The third-order valence-electron chi connectivity index (χ3n) is 5.27. The number of carbonyl (C=O) groups is 1. The summed E-state index contributed by atoms with van der Waals surface area (Å²) in [5.74, 6) is 1.27. The van der Waals surface area contributed by atoms with Crippen LogP contribution in [0.1, 0.15) is 41.8 Å². The van der Waals surface area contributed by atoms with Gasteiger partial charge in [-0.2, -0.15) is 5.10 Å². The summed E-state index contributed by atoms with van der Waals surface area (Å²) in [6.45, 7) is 7.84. The zero-order valence-electron chi connectivity index (χ0n) is 18.7. The number of carbonyl (C=O) groups excluding carboxylic acids is 1. The zero-order chi connectivity index (χ0) is 23.1. The number of fused-ring (bicyclic) bond motifs is 1. The van der Waals surface area contributed by atoms with Gasteiger partial charge in [0.25, 0.3) is 5.91 Å². The van der Waals surface area contributed by atoms with Gasteiger partial charge in [0.2, 0.25) is 0 Å². The Morgan fingerprint density at radius 2 is 1.97 bits per heavy atom. The zero-order valence-corrected chi connectivity index (χ0v) is 19.5. The first-order chi connectivity index (χ1) is 15.9. The molecule has 1 amide bonds. The molecule has 0 aliphatic rings. The summed E-state index contributed by atoms with van der Waals surface area (Å²) >= 11 is 1.35. The number of hydrogen-bond donors (Lipinski definition) is 1. The predicted octanol–water partition coefficient (Wildman–Crippen LogP) is 5.66. The van der Waals surface area contributed by atoms with Crippen molar-refractivity contribution in [2.45, 2.75) is 33.7 Å². The Kier molecular flexibility index (Phi) is 5.26. The summed E-state index contributed by atoms with van der Waals surface area (Å²) in [5.41, 5.74) is 4.12. The molecule has 0 saturated carbocycles. The Labute approximate surface area is 194 Å². The van der Waals surface area contributed by atoms with Crippen LogP contribution in [0, 0.1) is 13.8 Å². The molecule has 0 atom stereocenters. The minimum absolute atomic E-state index is 0.0910. The van der Waals surface area contributed by atoms with Gasteiger partial charge in [0, 0.05) is 23.2 Å². The van der Waals surface area contributed by atoms with Gasteiger partial charge in [0.1, 0.15) is 17.2 Å². The molecule has 5 heterocycles. The molecule has 0 bridgehead atoms. The summed E-state index contributed by atoms with van der Waals surface area (Å²) in [6.07, 6.45) is 3.41. The molecular formula is C24H22N6O2S. The van der Waals surface area contributed by atoms with Crippen molar-refractivity contribution in [2.24, 2.45) is 0 Å². The van der Waals surface area contributed by atoms with E-state index in [-0.39, 0.29) is 11.9 Å². The minimum Gasteiger partial charge on any atom is -0.466 e. The number of aryl methyl sites for hydroxylation is 2. The van der Waals surface area contributed by atoms with Crippen LogP contribution in [0.3, 0.4) is 0 Å². The number of hydrogen-bond acceptors (Lipinski definition) is 7. The molecule has 0 saturated heterocycles. The fourth-order valence-electron chi connectivity index (χ4n) is 3.73. The van der Waals surface area contributed by atoms with E-state index < -0.39 is 0 Å². The van der Waals surface area contributed by atoms with Crippen molar-refractivity contribution in [3.8, 4) is 22.6 Å². The number of furan rings is 1. The summed E-state index contributed by atoms with van der Waals surface area (Å²) in [7, 11) is 0. The minimum atomic E-state index is -0.272. The van der Waals surface area contributed by atoms with Gasteiger partial charge in [-0.15, -0.1) is 11.3 Å². The molecule has 0 unspecified atom stereocenters. The van der Waals surface area contributed by atoms with E-state index in [2.05, 4.69) is 20.4 Å². The fourth-order valence-corrected chi connectivity index (χ4v) is 4.43. The van der Waals surface area contributed by atoms with Crippen LogP contribution in [0.2, 0.25) is 0 Å². The summed E-state index contributed by atoms with van der Waals surface area (Å²) in [5, 5.41) is 10.5. The Balaban J connectivity index is 1.56. The van der Waals surface area contributed by atoms with Gasteiger partial charge in [-0.3, -0.25) is 15.1 Å². The summed E-state index contributed by atoms with van der Waals surface area (Å²) in [4.78, 5) is 27.1. The number of aromatic nitrogens is 5. The molecule has 0 fully saturated rings. The normalized spacial score (nSPS) is 11.4. The van der Waals surface area contributed by atoms with Crippen LogP contribution < -0.4 is 5.32 Å². The van der Waals surface area contributed by atoms with Crippen molar-refractivity contribution < 1.29 is 9.21 Å². The van der Waals surface area contributed by atoms with Crippen LogP contribution in [-0.4, -0.2) is 30.6 Å². The molecule has 8 nitrogen and oxygen atoms in total. The van der Waals surface area contributed by atoms with Gasteiger partial charge in [-0.25, -0.2) is 14.6 Å². The molecule has 1 N–H and O–H groups in total. The Morgan fingerprint density at radius 1 is 1.12 bits per heavy atom. The van der Waals surface area contributed by atoms with E-state index in [0.29, 0.717) is 33.1 Å². The lowest BCUT2D eigenvalue weighted by atomic mass is 10.1. The van der Waals surface area contributed by atoms with Crippen LogP contribution in [-0.2, 0) is 0 Å². The highest BCUT2D eigenvalue weighted by atomic mass is 32.1. The van der Waals surface area contributed by atoms with Crippen molar-refractivity contribution in [1.29, 1.82) is 0 Å². The summed E-state index contributed by atoms with van der Waals surface area (Å²) in [6, 6.07) is 9.45. The van der Waals surface area contributed by atoms with Crippen molar-refractivity contribution in [3.63, 3.8) is 0 Å². The third kappa shape index (κ3) is 3.91. The second-order valence-corrected chi connectivity index (χ2v) is 8.87.